The molecule has 0 bridgehead atoms. The lowest BCUT2D eigenvalue weighted by Crippen LogP contribution is -2.53. The average molecular weight is 279 g/mol. The zero-order chi connectivity index (χ0) is 12.3. The van der Waals surface area contributed by atoms with E-state index in [2.05, 4.69) is 0 Å². The summed E-state index contributed by atoms with van der Waals surface area (Å²) in [6.45, 7) is 1.94. The van der Waals surface area contributed by atoms with E-state index >= 15 is 0 Å². The van der Waals surface area contributed by atoms with Crippen molar-refractivity contribution in [2.45, 2.75) is 43.9 Å². The topological polar surface area (TPSA) is 64.8 Å². The van der Waals surface area contributed by atoms with Gasteiger partial charge >= 0.3 is 0 Å². The Labute approximate surface area is 114 Å². The van der Waals surface area contributed by atoms with E-state index < -0.39 is 0 Å². The minimum Gasteiger partial charge on any atom is -0.381 e. The van der Waals surface area contributed by atoms with Gasteiger partial charge in [-0.25, -0.2) is 0 Å². The molecule has 0 radical (unpaired) electrons. The van der Waals surface area contributed by atoms with Crippen LogP contribution in [-0.4, -0.2) is 55.9 Å². The van der Waals surface area contributed by atoms with Crippen molar-refractivity contribution >= 4 is 18.3 Å². The van der Waals surface area contributed by atoms with Crippen molar-refractivity contribution in [2.24, 2.45) is 5.73 Å². The van der Waals surface area contributed by atoms with Crippen molar-refractivity contribution in [2.75, 3.05) is 26.8 Å². The van der Waals surface area contributed by atoms with Crippen LogP contribution in [-0.2, 0) is 14.3 Å². The largest absolute Gasteiger partial charge is 0.381 e. The number of halogens is 1. The number of carbonyl (C=O) groups is 1. The van der Waals surface area contributed by atoms with E-state index in [1.54, 1.807) is 7.11 Å². The summed E-state index contributed by atoms with van der Waals surface area (Å²) in [4.78, 5) is 14.2. The van der Waals surface area contributed by atoms with Crippen LogP contribution in [0.3, 0.4) is 0 Å². The molecule has 0 aromatic carbocycles. The number of ether oxygens (including phenoxy) is 2. The van der Waals surface area contributed by atoms with Crippen LogP contribution < -0.4 is 5.73 Å². The molecular formula is C12H23ClN2O3. The molecule has 2 rings (SSSR count). The Hall–Kier alpha value is -0.360. The number of likely N-dealkylation sites (tertiary alicyclic amines) is 1. The van der Waals surface area contributed by atoms with E-state index in [1.165, 1.54) is 0 Å². The Balaban J connectivity index is 0.00000162. The molecule has 3 atom stereocenters. The molecule has 3 unspecified atom stereocenters. The summed E-state index contributed by atoms with van der Waals surface area (Å²) in [5, 5.41) is 0. The number of piperidine rings is 1. The van der Waals surface area contributed by atoms with Crippen LogP contribution in [0.15, 0.2) is 0 Å². The predicted octanol–water partition coefficient (Wildman–Crippen LogP) is 0.552. The lowest BCUT2D eigenvalue weighted by Gasteiger charge is -2.39. The summed E-state index contributed by atoms with van der Waals surface area (Å²) in [7, 11) is 1.72. The highest BCUT2D eigenvalue weighted by Gasteiger charge is 2.35. The Morgan fingerprint density at radius 2 is 2.28 bits per heavy atom. The fourth-order valence-corrected chi connectivity index (χ4v) is 2.70. The zero-order valence-electron chi connectivity index (χ0n) is 10.8. The van der Waals surface area contributed by atoms with E-state index in [1.807, 2.05) is 4.90 Å². The molecule has 1 amide bonds. The van der Waals surface area contributed by atoms with E-state index in [-0.39, 0.29) is 36.6 Å². The third-order valence-corrected chi connectivity index (χ3v) is 3.76. The van der Waals surface area contributed by atoms with Gasteiger partial charge in [0.25, 0.3) is 5.91 Å². The minimum absolute atomic E-state index is 0. The number of hydrogen-bond donors (Lipinski definition) is 1. The van der Waals surface area contributed by atoms with Crippen molar-refractivity contribution in [3.8, 4) is 0 Å². The summed E-state index contributed by atoms with van der Waals surface area (Å²) < 4.78 is 10.8. The molecular weight excluding hydrogens is 256 g/mol. The molecule has 5 nitrogen and oxygen atoms in total. The first-order chi connectivity index (χ1) is 8.26. The summed E-state index contributed by atoms with van der Waals surface area (Å²) >= 11 is 0. The Morgan fingerprint density at radius 1 is 1.50 bits per heavy atom. The molecule has 18 heavy (non-hydrogen) atoms. The molecule has 2 heterocycles. The van der Waals surface area contributed by atoms with E-state index in [0.29, 0.717) is 13.2 Å². The summed E-state index contributed by atoms with van der Waals surface area (Å²) in [5.74, 6) is 0.118. The third-order valence-electron chi connectivity index (χ3n) is 3.76. The Kier molecular flexibility index (Phi) is 6.35. The van der Waals surface area contributed by atoms with Gasteiger partial charge in [0.05, 0.1) is 6.10 Å². The number of methoxy groups -OCH3 is 1. The minimum atomic E-state index is -0.233. The first kappa shape index (κ1) is 15.7. The van der Waals surface area contributed by atoms with Crippen molar-refractivity contribution in [3.63, 3.8) is 0 Å². The number of amides is 1. The standard InChI is InChI=1S/C12H22N2O3.ClH/c1-16-10-4-5-14(9(7-10)8-13)12(15)11-3-2-6-17-11;/h9-11H,2-8,13H2,1H3;1H. The van der Waals surface area contributed by atoms with Crippen molar-refractivity contribution in [3.05, 3.63) is 0 Å². The normalized spacial score (nSPS) is 32.1. The fourth-order valence-electron chi connectivity index (χ4n) is 2.70. The van der Waals surface area contributed by atoms with E-state index in [0.717, 1.165) is 32.2 Å². The number of nitrogens with zero attached hydrogens (tertiary/aromatic N) is 1. The predicted molar refractivity (Wildman–Crippen MR) is 70.8 cm³/mol. The molecule has 0 aromatic heterocycles. The molecule has 2 saturated heterocycles. The van der Waals surface area contributed by atoms with Crippen LogP contribution in [0.5, 0.6) is 0 Å². The number of carbonyl (C=O) groups excluding carboxylic acids is 1. The van der Waals surface area contributed by atoms with E-state index in [4.69, 9.17) is 15.2 Å². The molecule has 0 aliphatic carbocycles. The molecule has 106 valence electrons. The second-order valence-corrected chi connectivity index (χ2v) is 4.80. The maximum atomic E-state index is 12.3. The first-order valence-corrected chi connectivity index (χ1v) is 6.41. The van der Waals surface area contributed by atoms with Gasteiger partial charge in [-0.1, -0.05) is 0 Å². The van der Waals surface area contributed by atoms with E-state index in [9.17, 15) is 4.79 Å². The van der Waals surface area contributed by atoms with Crippen LogP contribution >= 0.6 is 12.4 Å². The van der Waals surface area contributed by atoms with Crippen molar-refractivity contribution in [1.82, 2.24) is 4.90 Å². The fraction of sp³-hybridized carbons (Fsp3) is 0.917. The van der Waals surface area contributed by atoms with Gasteiger partial charge in [-0.15, -0.1) is 12.4 Å². The molecule has 6 heteroatoms. The van der Waals surface area contributed by atoms with Crippen LogP contribution in [0.25, 0.3) is 0 Å². The molecule has 2 N–H and O–H groups in total. The van der Waals surface area contributed by atoms with Gasteiger partial charge in [-0.3, -0.25) is 4.79 Å². The number of nitrogens with two attached hydrogens (primary N) is 1. The maximum absolute atomic E-state index is 12.3. The van der Waals surface area contributed by atoms with Gasteiger partial charge in [-0.05, 0) is 25.7 Å². The van der Waals surface area contributed by atoms with Gasteiger partial charge in [0.1, 0.15) is 6.10 Å². The van der Waals surface area contributed by atoms with Gasteiger partial charge < -0.3 is 20.1 Å². The maximum Gasteiger partial charge on any atom is 0.251 e. The Morgan fingerprint density at radius 3 is 2.83 bits per heavy atom. The molecule has 0 saturated carbocycles. The SMILES string of the molecule is COC1CCN(C(=O)C2CCCO2)C(CN)C1.Cl. The van der Waals surface area contributed by atoms with Gasteiger partial charge in [-0.2, -0.15) is 0 Å². The summed E-state index contributed by atoms with van der Waals surface area (Å²) in [6, 6.07) is 0.102. The second-order valence-electron chi connectivity index (χ2n) is 4.80. The van der Waals surface area contributed by atoms with Crippen LogP contribution in [0, 0.1) is 0 Å². The lowest BCUT2D eigenvalue weighted by molar-refractivity contribution is -0.146. The molecule has 0 aromatic rings. The highest BCUT2D eigenvalue weighted by Crippen LogP contribution is 2.23. The van der Waals surface area contributed by atoms with Crippen LogP contribution in [0.2, 0.25) is 0 Å². The Bertz CT molecular complexity index is 272. The summed E-state index contributed by atoms with van der Waals surface area (Å²) in [6.07, 6.45) is 3.57. The zero-order valence-corrected chi connectivity index (χ0v) is 11.7. The molecule has 2 aliphatic heterocycles. The van der Waals surface area contributed by atoms with Crippen LogP contribution in [0.1, 0.15) is 25.7 Å². The van der Waals surface area contributed by atoms with Crippen LogP contribution in [0.4, 0.5) is 0 Å². The lowest BCUT2D eigenvalue weighted by atomic mass is 9.98. The number of rotatable bonds is 3. The quantitative estimate of drug-likeness (QED) is 0.819. The van der Waals surface area contributed by atoms with Crippen molar-refractivity contribution in [1.29, 1.82) is 0 Å². The monoisotopic (exact) mass is 278 g/mol. The molecule has 0 spiro atoms. The van der Waals surface area contributed by atoms with Crippen molar-refractivity contribution < 1.29 is 14.3 Å². The second kappa shape index (κ2) is 7.28. The summed E-state index contributed by atoms with van der Waals surface area (Å²) in [5.41, 5.74) is 5.76. The smallest absolute Gasteiger partial charge is 0.251 e. The average Bonchev–Trinajstić information content (AvgIpc) is 2.91. The molecule has 2 aliphatic rings. The first-order valence-electron chi connectivity index (χ1n) is 6.41. The van der Waals surface area contributed by atoms with Gasteiger partial charge in [0, 0.05) is 32.8 Å². The molecule has 2 fully saturated rings. The highest BCUT2D eigenvalue weighted by atomic mass is 35.5. The van der Waals surface area contributed by atoms with Gasteiger partial charge in [0.2, 0.25) is 0 Å². The number of hydrogen-bond acceptors (Lipinski definition) is 4. The third kappa shape index (κ3) is 3.35. The van der Waals surface area contributed by atoms with Gasteiger partial charge in [0.15, 0.2) is 0 Å². The highest BCUT2D eigenvalue weighted by molar-refractivity contribution is 5.85.